The lowest BCUT2D eigenvalue weighted by Gasteiger charge is -2.18. The van der Waals surface area contributed by atoms with Gasteiger partial charge >= 0.3 is 0 Å². The predicted octanol–water partition coefficient (Wildman–Crippen LogP) is 2.05. The maximum atomic E-state index is 5.32. The minimum atomic E-state index is 0.804. The van der Waals surface area contributed by atoms with Gasteiger partial charge in [0.2, 0.25) is 0 Å². The molecule has 0 saturated carbocycles. The Kier molecular flexibility index (Phi) is 4.15. The fraction of sp³-hybridized carbons (Fsp3) is 0.727. The molecule has 16 heavy (non-hydrogen) atoms. The van der Waals surface area contributed by atoms with Crippen molar-refractivity contribution >= 4 is 16.5 Å². The molecule has 1 saturated heterocycles. The topological polar surface area (TPSA) is 54.2 Å². The van der Waals surface area contributed by atoms with Gasteiger partial charge in [-0.3, -0.25) is 10.3 Å². The molecule has 0 aliphatic carbocycles. The predicted molar refractivity (Wildman–Crippen MR) is 68.2 cm³/mol. The molecule has 1 aliphatic heterocycles. The summed E-state index contributed by atoms with van der Waals surface area (Å²) in [7, 11) is 0. The van der Waals surface area contributed by atoms with Gasteiger partial charge in [0.15, 0.2) is 5.13 Å². The summed E-state index contributed by atoms with van der Waals surface area (Å²) in [6.07, 6.45) is 5.94. The third kappa shape index (κ3) is 3.17. The van der Waals surface area contributed by atoms with Crippen LogP contribution in [0.2, 0.25) is 0 Å². The molecule has 2 heterocycles. The summed E-state index contributed by atoms with van der Waals surface area (Å²) < 4.78 is 0. The highest BCUT2D eigenvalue weighted by molar-refractivity contribution is 7.15. The van der Waals surface area contributed by atoms with E-state index in [9.17, 15) is 0 Å². The van der Waals surface area contributed by atoms with E-state index in [1.165, 1.54) is 37.2 Å². The summed E-state index contributed by atoms with van der Waals surface area (Å²) in [5.41, 5.74) is 2.59. The standard InChI is InChI=1S/C11H20N4S/c1-9-3-2-5-15(6-4-9)8-10-7-13-11(14-12)16-10/h7,9H,2-6,8,12H2,1H3,(H,13,14). The van der Waals surface area contributed by atoms with Gasteiger partial charge in [-0.2, -0.15) is 0 Å². The largest absolute Gasteiger partial charge is 0.300 e. The molecular formula is C11H20N4S. The summed E-state index contributed by atoms with van der Waals surface area (Å²) in [6, 6.07) is 0. The van der Waals surface area contributed by atoms with Crippen LogP contribution >= 0.6 is 11.3 Å². The Bertz CT molecular complexity index is 326. The molecule has 0 bridgehead atoms. The zero-order valence-electron chi connectivity index (χ0n) is 9.78. The summed E-state index contributed by atoms with van der Waals surface area (Å²) in [5.74, 6) is 6.21. The van der Waals surface area contributed by atoms with E-state index in [-0.39, 0.29) is 0 Å². The van der Waals surface area contributed by atoms with Gasteiger partial charge in [-0.25, -0.2) is 10.8 Å². The van der Waals surface area contributed by atoms with Crippen molar-refractivity contribution in [3.05, 3.63) is 11.1 Å². The molecule has 5 heteroatoms. The number of hydrogen-bond donors (Lipinski definition) is 2. The second-order valence-corrected chi connectivity index (χ2v) is 5.70. The lowest BCUT2D eigenvalue weighted by Crippen LogP contribution is -2.23. The first-order chi connectivity index (χ1) is 7.78. The van der Waals surface area contributed by atoms with Gasteiger partial charge < -0.3 is 0 Å². The second kappa shape index (κ2) is 5.61. The average molecular weight is 240 g/mol. The van der Waals surface area contributed by atoms with Crippen molar-refractivity contribution in [1.82, 2.24) is 9.88 Å². The first-order valence-electron chi connectivity index (χ1n) is 5.91. The highest BCUT2D eigenvalue weighted by atomic mass is 32.1. The van der Waals surface area contributed by atoms with Gasteiger partial charge in [0.05, 0.1) is 0 Å². The highest BCUT2D eigenvalue weighted by Crippen LogP contribution is 2.22. The van der Waals surface area contributed by atoms with Crippen LogP contribution in [0.15, 0.2) is 6.20 Å². The van der Waals surface area contributed by atoms with Crippen molar-refractivity contribution in [2.75, 3.05) is 18.5 Å². The maximum Gasteiger partial charge on any atom is 0.197 e. The van der Waals surface area contributed by atoms with E-state index in [4.69, 9.17) is 5.84 Å². The van der Waals surface area contributed by atoms with Crippen LogP contribution in [-0.2, 0) is 6.54 Å². The Labute approximate surface area is 101 Å². The number of rotatable bonds is 3. The number of nitrogen functional groups attached to an aromatic ring is 1. The molecule has 0 spiro atoms. The van der Waals surface area contributed by atoms with Crippen LogP contribution in [0.1, 0.15) is 31.1 Å². The van der Waals surface area contributed by atoms with Crippen LogP contribution in [0.4, 0.5) is 5.13 Å². The van der Waals surface area contributed by atoms with Crippen LogP contribution in [-0.4, -0.2) is 23.0 Å². The molecule has 0 aromatic carbocycles. The average Bonchev–Trinajstić information content (AvgIpc) is 2.63. The van der Waals surface area contributed by atoms with Crippen molar-refractivity contribution in [2.45, 2.75) is 32.7 Å². The van der Waals surface area contributed by atoms with E-state index in [0.717, 1.165) is 17.6 Å². The van der Waals surface area contributed by atoms with E-state index < -0.39 is 0 Å². The lowest BCUT2D eigenvalue weighted by molar-refractivity contribution is 0.276. The van der Waals surface area contributed by atoms with Crippen molar-refractivity contribution in [3.8, 4) is 0 Å². The van der Waals surface area contributed by atoms with Crippen molar-refractivity contribution < 1.29 is 0 Å². The van der Waals surface area contributed by atoms with E-state index in [1.54, 1.807) is 11.3 Å². The number of hydrazine groups is 1. The smallest absolute Gasteiger partial charge is 0.197 e. The van der Waals surface area contributed by atoms with Gasteiger partial charge in [-0.15, -0.1) is 0 Å². The van der Waals surface area contributed by atoms with Crippen LogP contribution in [0.3, 0.4) is 0 Å². The number of hydrogen-bond acceptors (Lipinski definition) is 5. The van der Waals surface area contributed by atoms with E-state index in [0.29, 0.717) is 0 Å². The first kappa shape index (κ1) is 11.8. The van der Waals surface area contributed by atoms with Gasteiger partial charge in [-0.05, 0) is 38.3 Å². The number of aromatic nitrogens is 1. The lowest BCUT2D eigenvalue weighted by atomic mass is 10.0. The van der Waals surface area contributed by atoms with Crippen molar-refractivity contribution in [2.24, 2.45) is 11.8 Å². The third-order valence-corrected chi connectivity index (χ3v) is 4.08. The molecule has 2 rings (SSSR count). The second-order valence-electron chi connectivity index (χ2n) is 4.59. The molecule has 1 aliphatic rings. The minimum absolute atomic E-state index is 0.804. The third-order valence-electron chi connectivity index (χ3n) is 3.17. The monoisotopic (exact) mass is 240 g/mol. The zero-order chi connectivity index (χ0) is 11.4. The Morgan fingerprint density at radius 3 is 3.19 bits per heavy atom. The molecule has 1 aromatic rings. The number of thiazole rings is 1. The van der Waals surface area contributed by atoms with Gasteiger partial charge in [0.25, 0.3) is 0 Å². The molecule has 4 nitrogen and oxygen atoms in total. The molecule has 1 unspecified atom stereocenters. The zero-order valence-corrected chi connectivity index (χ0v) is 10.6. The number of nitrogens with one attached hydrogen (secondary N) is 1. The molecule has 90 valence electrons. The molecule has 3 N–H and O–H groups in total. The summed E-state index contributed by atoms with van der Waals surface area (Å²) in [4.78, 5) is 8.01. The van der Waals surface area contributed by atoms with Crippen molar-refractivity contribution in [1.29, 1.82) is 0 Å². The number of likely N-dealkylation sites (tertiary alicyclic amines) is 1. The van der Waals surface area contributed by atoms with E-state index in [2.05, 4.69) is 22.2 Å². The van der Waals surface area contributed by atoms with Gasteiger partial charge in [0, 0.05) is 17.6 Å². The summed E-state index contributed by atoms with van der Waals surface area (Å²) >= 11 is 1.65. The normalized spacial score (nSPS) is 23.0. The summed E-state index contributed by atoms with van der Waals surface area (Å²) in [5, 5.41) is 0.804. The van der Waals surface area contributed by atoms with Crippen LogP contribution in [0, 0.1) is 5.92 Å². The summed E-state index contributed by atoms with van der Waals surface area (Å²) in [6.45, 7) is 5.80. The number of anilines is 1. The highest BCUT2D eigenvalue weighted by Gasteiger charge is 2.14. The Morgan fingerprint density at radius 2 is 2.44 bits per heavy atom. The number of nitrogens with zero attached hydrogens (tertiary/aromatic N) is 2. The Balaban J connectivity index is 1.88. The number of nitrogens with two attached hydrogens (primary N) is 1. The Morgan fingerprint density at radius 1 is 1.56 bits per heavy atom. The van der Waals surface area contributed by atoms with Gasteiger partial charge in [0.1, 0.15) is 0 Å². The quantitative estimate of drug-likeness (QED) is 0.627. The molecule has 1 atom stereocenters. The van der Waals surface area contributed by atoms with Crippen LogP contribution in [0.25, 0.3) is 0 Å². The Hall–Kier alpha value is -0.650. The maximum absolute atomic E-state index is 5.32. The molecule has 1 fully saturated rings. The molecule has 1 aromatic heterocycles. The van der Waals surface area contributed by atoms with Crippen LogP contribution < -0.4 is 11.3 Å². The van der Waals surface area contributed by atoms with Crippen molar-refractivity contribution in [3.63, 3.8) is 0 Å². The fourth-order valence-electron chi connectivity index (χ4n) is 2.15. The first-order valence-corrected chi connectivity index (χ1v) is 6.73. The SMILES string of the molecule is CC1CCCN(Cc2cnc(NN)s2)CC1. The fourth-order valence-corrected chi connectivity index (χ4v) is 2.91. The van der Waals surface area contributed by atoms with Gasteiger partial charge in [-0.1, -0.05) is 18.3 Å². The molecule has 0 radical (unpaired) electrons. The van der Waals surface area contributed by atoms with E-state index >= 15 is 0 Å². The van der Waals surface area contributed by atoms with Crippen LogP contribution in [0.5, 0.6) is 0 Å². The van der Waals surface area contributed by atoms with E-state index in [1.807, 2.05) is 6.20 Å². The molecular weight excluding hydrogens is 220 g/mol. The molecule has 0 amide bonds. The minimum Gasteiger partial charge on any atom is -0.300 e.